The molecule has 3 atom stereocenters. The van der Waals surface area contributed by atoms with Crippen molar-refractivity contribution in [2.75, 3.05) is 27.9 Å². The first-order valence-electron chi connectivity index (χ1n) is 13.8. The van der Waals surface area contributed by atoms with Crippen molar-refractivity contribution in [2.45, 2.75) is 44.2 Å². The summed E-state index contributed by atoms with van der Waals surface area (Å²) < 4.78 is 52.3. The number of methoxy groups -OCH3 is 3. The Kier molecular flexibility index (Phi) is 12.6. The maximum absolute atomic E-state index is 14.6. The van der Waals surface area contributed by atoms with Crippen LogP contribution in [0.1, 0.15) is 41.3 Å². The largest absolute Gasteiger partial charge is 0.497 e. The minimum Gasteiger partial charge on any atom is -0.497 e. The van der Waals surface area contributed by atoms with E-state index in [-0.39, 0.29) is 32.0 Å². The van der Waals surface area contributed by atoms with Gasteiger partial charge in [-0.1, -0.05) is 55.5 Å². The van der Waals surface area contributed by atoms with E-state index in [0.29, 0.717) is 23.5 Å². The van der Waals surface area contributed by atoms with Gasteiger partial charge >= 0.3 is 5.97 Å². The number of carbonyl (C=O) groups is 1. The van der Waals surface area contributed by atoms with Crippen molar-refractivity contribution in [1.82, 2.24) is 4.31 Å². The van der Waals surface area contributed by atoms with E-state index in [1.54, 1.807) is 44.6 Å². The molecule has 3 aromatic carbocycles. The van der Waals surface area contributed by atoms with Crippen molar-refractivity contribution >= 4 is 16.0 Å². The molecule has 0 bridgehead atoms. The number of esters is 1. The van der Waals surface area contributed by atoms with Crippen LogP contribution in [0, 0.1) is 5.92 Å². The molecule has 226 valence electrons. The zero-order chi connectivity index (χ0) is 30.5. The molecule has 0 fully saturated rings. The third-order valence-corrected chi connectivity index (χ3v) is 9.48. The molecule has 0 spiro atoms. The second kappa shape index (κ2) is 16.1. The van der Waals surface area contributed by atoms with Crippen molar-refractivity contribution in [3.05, 3.63) is 108 Å². The van der Waals surface area contributed by atoms with E-state index in [1.807, 2.05) is 61.5 Å². The topological polar surface area (TPSA) is 91.4 Å². The van der Waals surface area contributed by atoms with Crippen molar-refractivity contribution < 1.29 is 32.2 Å². The van der Waals surface area contributed by atoms with Crippen LogP contribution in [0.15, 0.2) is 91.5 Å². The highest BCUT2D eigenvalue weighted by atomic mass is 32.2. The number of ether oxygens (including phenoxy) is 4. The Morgan fingerprint density at radius 1 is 0.857 bits per heavy atom. The third-order valence-electron chi connectivity index (χ3n) is 7.08. The minimum absolute atomic E-state index is 0.0579. The Morgan fingerprint density at radius 2 is 1.38 bits per heavy atom. The number of carbonyl (C=O) groups excluding carboxylic acids is 1. The predicted molar refractivity (Wildman–Crippen MR) is 164 cm³/mol. The lowest BCUT2D eigenvalue weighted by atomic mass is 9.99. The number of allylic oxidation sites excluding steroid dienone is 1. The molecule has 0 aliphatic heterocycles. The SMILES string of the molecule is C=CC[C@H](C)C(C[C@H](COC)OC(=O)c1ccccc1)S(=O)(=O)N(Cc1ccc(OC)cc1)Cc1ccc(OC)cc1. The van der Waals surface area contributed by atoms with Gasteiger partial charge in [-0.2, -0.15) is 4.31 Å². The van der Waals surface area contributed by atoms with Gasteiger partial charge in [-0.05, 0) is 59.9 Å². The highest BCUT2D eigenvalue weighted by Gasteiger charge is 2.38. The van der Waals surface area contributed by atoms with Crippen LogP contribution in [0.4, 0.5) is 0 Å². The average molecular weight is 596 g/mol. The Hall–Kier alpha value is -3.66. The Balaban J connectivity index is 1.97. The molecule has 0 radical (unpaired) electrons. The molecule has 0 aliphatic carbocycles. The lowest BCUT2D eigenvalue weighted by Crippen LogP contribution is -2.44. The van der Waals surface area contributed by atoms with Gasteiger partial charge in [0.05, 0.1) is 31.6 Å². The Bertz CT molecular complexity index is 1310. The zero-order valence-corrected chi connectivity index (χ0v) is 25.6. The molecule has 0 saturated heterocycles. The molecule has 1 unspecified atom stereocenters. The fourth-order valence-electron chi connectivity index (χ4n) is 4.75. The van der Waals surface area contributed by atoms with E-state index in [1.165, 1.54) is 11.4 Å². The Labute approximate surface area is 249 Å². The van der Waals surface area contributed by atoms with E-state index in [2.05, 4.69) is 6.58 Å². The number of rotatable bonds is 17. The summed E-state index contributed by atoms with van der Waals surface area (Å²) in [6.07, 6.45) is 1.46. The van der Waals surface area contributed by atoms with Gasteiger partial charge in [-0.15, -0.1) is 6.58 Å². The highest BCUT2D eigenvalue weighted by molar-refractivity contribution is 7.89. The lowest BCUT2D eigenvalue weighted by molar-refractivity contribution is 0.00159. The molecular formula is C33H41NO7S. The summed E-state index contributed by atoms with van der Waals surface area (Å²) in [5.41, 5.74) is 2.01. The van der Waals surface area contributed by atoms with Crippen LogP contribution in [0.2, 0.25) is 0 Å². The van der Waals surface area contributed by atoms with Crippen molar-refractivity contribution in [3.63, 3.8) is 0 Å². The second-order valence-electron chi connectivity index (χ2n) is 10.1. The molecule has 0 heterocycles. The molecule has 42 heavy (non-hydrogen) atoms. The van der Waals surface area contributed by atoms with Crippen LogP contribution in [0.5, 0.6) is 11.5 Å². The summed E-state index contributed by atoms with van der Waals surface area (Å²) in [6.45, 7) is 6.07. The van der Waals surface area contributed by atoms with Crippen molar-refractivity contribution in [1.29, 1.82) is 0 Å². The van der Waals surface area contributed by atoms with Gasteiger partial charge in [0, 0.05) is 26.6 Å². The molecule has 3 rings (SSSR count). The maximum Gasteiger partial charge on any atom is 0.338 e. The molecule has 0 N–H and O–H groups in total. The van der Waals surface area contributed by atoms with Gasteiger partial charge in [0.25, 0.3) is 0 Å². The van der Waals surface area contributed by atoms with E-state index in [0.717, 1.165) is 11.1 Å². The molecule has 0 aliphatic rings. The summed E-state index contributed by atoms with van der Waals surface area (Å²) in [4.78, 5) is 12.9. The first-order valence-corrected chi connectivity index (χ1v) is 15.3. The molecule has 3 aromatic rings. The average Bonchev–Trinajstić information content (AvgIpc) is 3.00. The maximum atomic E-state index is 14.6. The van der Waals surface area contributed by atoms with Crippen molar-refractivity contribution in [3.8, 4) is 11.5 Å². The molecule has 0 saturated carbocycles. The predicted octanol–water partition coefficient (Wildman–Crippen LogP) is 5.88. The summed E-state index contributed by atoms with van der Waals surface area (Å²) >= 11 is 0. The van der Waals surface area contributed by atoms with Crippen molar-refractivity contribution in [2.24, 2.45) is 5.92 Å². The number of hydrogen-bond acceptors (Lipinski definition) is 7. The minimum atomic E-state index is -3.95. The number of hydrogen-bond donors (Lipinski definition) is 0. The van der Waals surface area contributed by atoms with Crippen LogP contribution >= 0.6 is 0 Å². The van der Waals surface area contributed by atoms with E-state index in [9.17, 15) is 13.2 Å². The van der Waals surface area contributed by atoms with Crippen LogP contribution in [0.25, 0.3) is 0 Å². The molecular weight excluding hydrogens is 554 g/mol. The quantitative estimate of drug-likeness (QED) is 0.142. The van der Waals surface area contributed by atoms with Crippen LogP contribution in [-0.4, -0.2) is 58.0 Å². The summed E-state index contributed by atoms with van der Waals surface area (Å²) in [5.74, 6) is 0.530. The summed E-state index contributed by atoms with van der Waals surface area (Å²) in [5, 5.41) is -0.879. The number of sulfonamides is 1. The van der Waals surface area contributed by atoms with Gasteiger partial charge < -0.3 is 18.9 Å². The Morgan fingerprint density at radius 3 is 1.83 bits per heavy atom. The fraction of sp³-hybridized carbons (Fsp3) is 0.364. The summed E-state index contributed by atoms with van der Waals surface area (Å²) in [7, 11) is 0.721. The number of nitrogens with zero attached hydrogens (tertiary/aromatic N) is 1. The first kappa shape index (κ1) is 32.8. The third kappa shape index (κ3) is 9.17. The molecule has 0 aromatic heterocycles. The first-order chi connectivity index (χ1) is 20.2. The monoisotopic (exact) mass is 595 g/mol. The van der Waals surface area contributed by atoms with Gasteiger partial charge in [0.1, 0.15) is 17.6 Å². The molecule has 9 heteroatoms. The summed E-state index contributed by atoms with van der Waals surface area (Å²) in [6, 6.07) is 23.3. The van der Waals surface area contributed by atoms with Crippen LogP contribution in [-0.2, 0) is 32.6 Å². The second-order valence-corrected chi connectivity index (χ2v) is 12.3. The normalized spacial score (nSPS) is 13.6. The van der Waals surface area contributed by atoms with Gasteiger partial charge in [-0.3, -0.25) is 0 Å². The van der Waals surface area contributed by atoms with Gasteiger partial charge in [0.2, 0.25) is 10.0 Å². The van der Waals surface area contributed by atoms with Gasteiger partial charge in [0.15, 0.2) is 0 Å². The standard InChI is InChI=1S/C33H41NO7S/c1-6-10-25(2)32(21-31(24-38-3)41-33(35)28-11-8-7-9-12-28)42(36,37)34(22-26-13-17-29(39-4)18-14-26)23-27-15-19-30(40-5)20-16-27/h6-9,11-20,25,31-32H,1,10,21-24H2,2-5H3/t25-,31+,32?/m0/s1. The fourth-order valence-corrected chi connectivity index (χ4v) is 6.94. The van der Waals surface area contributed by atoms with E-state index >= 15 is 0 Å². The zero-order valence-electron chi connectivity index (χ0n) is 24.8. The van der Waals surface area contributed by atoms with E-state index in [4.69, 9.17) is 18.9 Å². The molecule has 0 amide bonds. The van der Waals surface area contributed by atoms with E-state index < -0.39 is 27.3 Å². The molecule has 8 nitrogen and oxygen atoms in total. The van der Waals surface area contributed by atoms with Crippen LogP contribution in [0.3, 0.4) is 0 Å². The highest BCUT2D eigenvalue weighted by Crippen LogP contribution is 2.29. The van der Waals surface area contributed by atoms with Gasteiger partial charge in [-0.25, -0.2) is 13.2 Å². The number of benzene rings is 3. The lowest BCUT2D eigenvalue weighted by Gasteiger charge is -2.33. The smallest absolute Gasteiger partial charge is 0.338 e. The van der Waals surface area contributed by atoms with Crippen LogP contribution < -0.4 is 9.47 Å².